The number of nitrogens with zero attached hydrogens (tertiary/aromatic N) is 1. The van der Waals surface area contributed by atoms with Crippen LogP contribution in [0.15, 0.2) is 12.1 Å². The van der Waals surface area contributed by atoms with Gasteiger partial charge in [-0.25, -0.2) is 0 Å². The lowest BCUT2D eigenvalue weighted by molar-refractivity contribution is -0.0191. The highest BCUT2D eigenvalue weighted by Crippen LogP contribution is 2.43. The van der Waals surface area contributed by atoms with Gasteiger partial charge < -0.3 is 14.9 Å². The summed E-state index contributed by atoms with van der Waals surface area (Å²) in [5.74, 6) is 1.72. The Morgan fingerprint density at radius 1 is 1.36 bits per heavy atom. The molecule has 0 bridgehead atoms. The minimum absolute atomic E-state index is 0.196. The first kappa shape index (κ1) is 15.6. The molecule has 1 fully saturated rings. The highest BCUT2D eigenvalue weighted by Gasteiger charge is 2.38. The van der Waals surface area contributed by atoms with Crippen LogP contribution in [0.3, 0.4) is 0 Å². The van der Waals surface area contributed by atoms with Gasteiger partial charge in [0.1, 0.15) is 0 Å². The maximum Gasteiger partial charge on any atom is 0.160 e. The van der Waals surface area contributed by atoms with Crippen molar-refractivity contribution in [2.75, 3.05) is 20.2 Å². The summed E-state index contributed by atoms with van der Waals surface area (Å²) in [7, 11) is 1.58. The van der Waals surface area contributed by atoms with E-state index in [1.807, 2.05) is 12.1 Å². The Balaban J connectivity index is 1.85. The Labute approximate surface area is 132 Å². The average molecular weight is 305 g/mol. The number of methoxy groups -OCH3 is 1. The number of fused-ring (bicyclic) bond motifs is 3. The molecule has 22 heavy (non-hydrogen) atoms. The van der Waals surface area contributed by atoms with Crippen LogP contribution >= 0.6 is 0 Å². The number of hydrogen-bond donors (Lipinski definition) is 2. The minimum atomic E-state index is -0.251. The van der Waals surface area contributed by atoms with Crippen molar-refractivity contribution in [2.45, 2.75) is 45.3 Å². The number of hydrogen-bond acceptors (Lipinski definition) is 4. The van der Waals surface area contributed by atoms with Crippen molar-refractivity contribution in [3.63, 3.8) is 0 Å². The summed E-state index contributed by atoms with van der Waals surface area (Å²) in [4.78, 5) is 2.48. The van der Waals surface area contributed by atoms with Gasteiger partial charge in [0.05, 0.1) is 13.2 Å². The molecule has 1 unspecified atom stereocenters. The maximum atomic E-state index is 10.5. The van der Waals surface area contributed by atoms with E-state index in [-0.39, 0.29) is 17.9 Å². The first-order chi connectivity index (χ1) is 10.5. The second-order valence-electron chi connectivity index (χ2n) is 7.18. The molecule has 2 aliphatic rings. The molecule has 4 heteroatoms. The van der Waals surface area contributed by atoms with Gasteiger partial charge in [-0.15, -0.1) is 0 Å². The number of aromatic hydroxyl groups is 1. The van der Waals surface area contributed by atoms with E-state index < -0.39 is 0 Å². The number of benzene rings is 1. The van der Waals surface area contributed by atoms with Gasteiger partial charge in [-0.1, -0.05) is 13.8 Å². The summed E-state index contributed by atoms with van der Waals surface area (Å²) >= 11 is 0. The Bertz CT molecular complexity index is 543. The quantitative estimate of drug-likeness (QED) is 0.901. The molecule has 4 nitrogen and oxygen atoms in total. The fourth-order valence-electron chi connectivity index (χ4n) is 4.11. The van der Waals surface area contributed by atoms with Gasteiger partial charge in [0.15, 0.2) is 11.5 Å². The molecule has 2 heterocycles. The number of aliphatic hydroxyl groups is 1. The number of aliphatic hydroxyl groups excluding tert-OH is 1. The molecule has 3 atom stereocenters. The van der Waals surface area contributed by atoms with Crippen LogP contribution in [0, 0.1) is 11.8 Å². The molecule has 2 aliphatic heterocycles. The highest BCUT2D eigenvalue weighted by atomic mass is 16.5. The second-order valence-corrected chi connectivity index (χ2v) is 7.18. The lowest BCUT2D eigenvalue weighted by Gasteiger charge is -2.46. The molecule has 3 rings (SSSR count). The smallest absolute Gasteiger partial charge is 0.160 e. The van der Waals surface area contributed by atoms with Crippen LogP contribution in [0.4, 0.5) is 0 Å². The Morgan fingerprint density at radius 3 is 2.82 bits per heavy atom. The standard InChI is InChI=1S/C18H27NO3/c1-11(2)6-13-10-19-5-4-12-7-18(22-3)17(21)8-14(12)15(19)9-16(13)20/h7-8,11,13,15-16,20-21H,4-6,9-10H2,1-3H3/t13-,15?,16+/m0/s1. The van der Waals surface area contributed by atoms with Gasteiger partial charge in [-0.3, -0.25) is 4.90 Å². The van der Waals surface area contributed by atoms with E-state index in [1.54, 1.807) is 7.11 Å². The van der Waals surface area contributed by atoms with Gasteiger partial charge in [-0.05, 0) is 54.4 Å². The van der Waals surface area contributed by atoms with E-state index in [0.717, 1.165) is 37.9 Å². The third kappa shape index (κ3) is 2.82. The normalized spacial score (nSPS) is 28.3. The van der Waals surface area contributed by atoms with E-state index >= 15 is 0 Å². The van der Waals surface area contributed by atoms with E-state index in [0.29, 0.717) is 17.6 Å². The van der Waals surface area contributed by atoms with Gasteiger partial charge in [0.2, 0.25) is 0 Å². The Kier molecular flexibility index (Phi) is 4.33. The molecular weight excluding hydrogens is 278 g/mol. The summed E-state index contributed by atoms with van der Waals surface area (Å²) < 4.78 is 5.22. The van der Waals surface area contributed by atoms with Crippen LogP contribution in [0.2, 0.25) is 0 Å². The molecule has 0 spiro atoms. The van der Waals surface area contributed by atoms with Crippen molar-refractivity contribution in [1.82, 2.24) is 4.90 Å². The molecule has 122 valence electrons. The maximum absolute atomic E-state index is 10.5. The van der Waals surface area contributed by atoms with Crippen LogP contribution in [-0.2, 0) is 6.42 Å². The van der Waals surface area contributed by atoms with Crippen molar-refractivity contribution < 1.29 is 14.9 Å². The second kappa shape index (κ2) is 6.09. The molecule has 0 aliphatic carbocycles. The Hall–Kier alpha value is -1.26. The molecule has 2 N–H and O–H groups in total. The molecule has 0 aromatic heterocycles. The third-order valence-corrected chi connectivity index (χ3v) is 5.16. The van der Waals surface area contributed by atoms with Crippen molar-refractivity contribution >= 4 is 0 Å². The lowest BCUT2D eigenvalue weighted by atomic mass is 9.79. The van der Waals surface area contributed by atoms with E-state index in [1.165, 1.54) is 5.56 Å². The van der Waals surface area contributed by atoms with E-state index in [4.69, 9.17) is 4.74 Å². The van der Waals surface area contributed by atoms with Crippen molar-refractivity contribution in [3.8, 4) is 11.5 Å². The van der Waals surface area contributed by atoms with Gasteiger partial charge in [0, 0.05) is 19.1 Å². The first-order valence-electron chi connectivity index (χ1n) is 8.31. The lowest BCUT2D eigenvalue weighted by Crippen LogP contribution is -2.48. The van der Waals surface area contributed by atoms with Crippen LogP contribution < -0.4 is 4.74 Å². The van der Waals surface area contributed by atoms with Crippen LogP contribution in [-0.4, -0.2) is 41.4 Å². The van der Waals surface area contributed by atoms with Crippen LogP contribution in [0.5, 0.6) is 11.5 Å². The summed E-state index contributed by atoms with van der Waals surface area (Å²) in [6, 6.07) is 4.01. The zero-order valence-corrected chi connectivity index (χ0v) is 13.7. The number of ether oxygens (including phenoxy) is 1. The zero-order valence-electron chi connectivity index (χ0n) is 13.7. The van der Waals surface area contributed by atoms with Crippen LogP contribution in [0.25, 0.3) is 0 Å². The van der Waals surface area contributed by atoms with Gasteiger partial charge in [0.25, 0.3) is 0 Å². The third-order valence-electron chi connectivity index (χ3n) is 5.16. The monoisotopic (exact) mass is 305 g/mol. The largest absolute Gasteiger partial charge is 0.504 e. The highest BCUT2D eigenvalue weighted by molar-refractivity contribution is 5.48. The summed E-state index contributed by atoms with van der Waals surface area (Å²) in [5.41, 5.74) is 2.40. The number of rotatable bonds is 3. The van der Waals surface area contributed by atoms with Crippen LogP contribution in [0.1, 0.15) is 43.9 Å². The summed E-state index contributed by atoms with van der Waals surface area (Å²) in [6.07, 6.45) is 2.56. The topological polar surface area (TPSA) is 52.9 Å². The molecule has 0 saturated carbocycles. The fraction of sp³-hybridized carbons (Fsp3) is 0.667. The zero-order chi connectivity index (χ0) is 15.9. The number of phenolic OH excluding ortho intramolecular Hbond substituents is 1. The van der Waals surface area contributed by atoms with Crippen molar-refractivity contribution in [3.05, 3.63) is 23.3 Å². The molecule has 0 amide bonds. The molecule has 1 saturated heterocycles. The van der Waals surface area contributed by atoms with E-state index in [9.17, 15) is 10.2 Å². The summed E-state index contributed by atoms with van der Waals surface area (Å²) in [6.45, 7) is 6.41. The van der Waals surface area contributed by atoms with Gasteiger partial charge >= 0.3 is 0 Å². The first-order valence-corrected chi connectivity index (χ1v) is 8.31. The average Bonchev–Trinajstić information content (AvgIpc) is 2.47. The van der Waals surface area contributed by atoms with Gasteiger partial charge in [-0.2, -0.15) is 0 Å². The molecular formula is C18H27NO3. The van der Waals surface area contributed by atoms with Crippen molar-refractivity contribution in [2.24, 2.45) is 11.8 Å². The predicted molar refractivity (Wildman–Crippen MR) is 86.2 cm³/mol. The molecule has 1 aromatic carbocycles. The predicted octanol–water partition coefficient (Wildman–Crippen LogP) is 2.73. The summed E-state index contributed by atoms with van der Waals surface area (Å²) in [5, 5.41) is 20.6. The molecule has 1 aromatic rings. The number of piperidine rings is 1. The van der Waals surface area contributed by atoms with Crippen molar-refractivity contribution in [1.29, 1.82) is 0 Å². The fourth-order valence-corrected chi connectivity index (χ4v) is 4.11. The Morgan fingerprint density at radius 2 is 2.14 bits per heavy atom. The molecule has 0 radical (unpaired) electrons. The SMILES string of the molecule is COc1cc2c(cc1O)C1C[C@@H](O)[C@@H](CC(C)C)CN1CC2. The minimum Gasteiger partial charge on any atom is -0.504 e. The number of phenols is 1. The van der Waals surface area contributed by atoms with E-state index in [2.05, 4.69) is 18.7 Å².